The van der Waals surface area contributed by atoms with Crippen molar-refractivity contribution in [3.05, 3.63) is 0 Å². The van der Waals surface area contributed by atoms with E-state index in [1.54, 1.807) is 0 Å². The number of ether oxygens (including phenoxy) is 2. The summed E-state index contributed by atoms with van der Waals surface area (Å²) in [5, 5.41) is 2.75. The van der Waals surface area contributed by atoms with Crippen molar-refractivity contribution >= 4 is 6.16 Å². The lowest BCUT2D eigenvalue weighted by Crippen LogP contribution is -1.97. The van der Waals surface area contributed by atoms with Crippen LogP contribution in [0, 0.1) is 0 Å². The fraction of sp³-hybridized carbons (Fsp3) is 0.800. The van der Waals surface area contributed by atoms with Crippen LogP contribution in [0.5, 0.6) is 0 Å². The molecule has 0 saturated carbocycles. The van der Waals surface area contributed by atoms with Crippen molar-refractivity contribution in [3.8, 4) is 0 Å². The third-order valence-electron chi connectivity index (χ3n) is 0.333. The molecule has 0 aromatic heterocycles. The molecule has 0 aromatic carbocycles. The fourth-order valence-corrected chi connectivity index (χ4v) is 0.0833. The molecule has 4 heteroatoms. The molecule has 0 atom stereocenters. The molecule has 0 aromatic rings. The lowest BCUT2D eigenvalue weighted by atomic mass is 11.3. The molecular weight excluding hydrogens is 122 g/mol. The second-order valence-corrected chi connectivity index (χ2v) is 1.16. The number of carbonyl (C=O) groups excluding carboxylic acids is 1. The number of rotatable bonds is 0. The highest BCUT2D eigenvalue weighted by molar-refractivity contribution is 5.59. The highest BCUT2D eigenvalue weighted by Gasteiger charge is 1.88. The summed E-state index contributed by atoms with van der Waals surface area (Å²) in [5.41, 5.74) is 0. The van der Waals surface area contributed by atoms with Crippen molar-refractivity contribution in [2.45, 2.75) is 0 Å². The normalized spacial score (nSPS) is 6.67. The lowest BCUT2D eigenvalue weighted by molar-refractivity contribution is 0.0924. The second-order valence-electron chi connectivity index (χ2n) is 1.16. The van der Waals surface area contributed by atoms with Gasteiger partial charge in [0.1, 0.15) is 0 Å². The Kier molecular flexibility index (Phi) is 12.6. The van der Waals surface area contributed by atoms with Gasteiger partial charge in [-0.25, -0.2) is 4.79 Å². The molecule has 0 saturated heterocycles. The largest absolute Gasteiger partial charge is 0.507 e. The maximum atomic E-state index is 9.74. The van der Waals surface area contributed by atoms with Gasteiger partial charge in [-0.1, -0.05) is 0 Å². The Morgan fingerprint density at radius 2 is 1.44 bits per heavy atom. The Labute approximate surface area is 55.1 Å². The molecule has 4 nitrogen and oxygen atoms in total. The van der Waals surface area contributed by atoms with Gasteiger partial charge >= 0.3 is 6.16 Å². The number of nitrogens with one attached hydrogen (secondary N) is 1. The van der Waals surface area contributed by atoms with Crippen LogP contribution >= 0.6 is 0 Å². The van der Waals surface area contributed by atoms with Gasteiger partial charge in [0.05, 0.1) is 14.2 Å². The lowest BCUT2D eigenvalue weighted by Gasteiger charge is -1.89. The van der Waals surface area contributed by atoms with Crippen LogP contribution in [0.15, 0.2) is 0 Å². The topological polar surface area (TPSA) is 47.6 Å². The standard InChI is InChI=1S/C3H6O3.C2H7N/c1-5-3(4)6-2;1-3-2/h1-2H3;3H,1-2H3. The molecule has 9 heavy (non-hydrogen) atoms. The Morgan fingerprint density at radius 1 is 1.22 bits per heavy atom. The van der Waals surface area contributed by atoms with Crippen LogP contribution in [-0.2, 0) is 9.47 Å². The molecule has 1 N–H and O–H groups in total. The van der Waals surface area contributed by atoms with Crippen molar-refractivity contribution in [3.63, 3.8) is 0 Å². The Morgan fingerprint density at radius 3 is 1.44 bits per heavy atom. The zero-order valence-electron chi connectivity index (χ0n) is 6.22. The van der Waals surface area contributed by atoms with Crippen LogP contribution in [0.1, 0.15) is 0 Å². The zero-order valence-corrected chi connectivity index (χ0v) is 6.22. The summed E-state index contributed by atoms with van der Waals surface area (Å²) in [6, 6.07) is 0. The Balaban J connectivity index is 0. The molecule has 0 heterocycles. The van der Waals surface area contributed by atoms with Gasteiger partial charge in [-0.3, -0.25) is 0 Å². The minimum absolute atomic E-state index is 0.657. The molecular formula is C5H13NO3. The van der Waals surface area contributed by atoms with Gasteiger partial charge in [-0.2, -0.15) is 0 Å². The van der Waals surface area contributed by atoms with E-state index in [1.807, 2.05) is 14.1 Å². The summed E-state index contributed by atoms with van der Waals surface area (Å²) in [6.07, 6.45) is -0.657. The molecule has 0 amide bonds. The van der Waals surface area contributed by atoms with Crippen LogP contribution in [0.25, 0.3) is 0 Å². The maximum Gasteiger partial charge on any atom is 0.507 e. The van der Waals surface area contributed by atoms with Crippen LogP contribution < -0.4 is 5.32 Å². The van der Waals surface area contributed by atoms with E-state index in [1.165, 1.54) is 14.2 Å². The maximum absolute atomic E-state index is 9.74. The smallest absolute Gasteiger partial charge is 0.438 e. The summed E-state index contributed by atoms with van der Waals surface area (Å²) in [5.74, 6) is 0. The van der Waals surface area contributed by atoms with E-state index >= 15 is 0 Å². The molecule has 0 bridgehead atoms. The van der Waals surface area contributed by atoms with Crippen molar-refractivity contribution < 1.29 is 14.3 Å². The Bertz CT molecular complexity index is 59.2. The van der Waals surface area contributed by atoms with Crippen molar-refractivity contribution in [2.75, 3.05) is 28.3 Å². The van der Waals surface area contributed by atoms with E-state index in [0.29, 0.717) is 0 Å². The van der Waals surface area contributed by atoms with Crippen molar-refractivity contribution in [1.82, 2.24) is 5.32 Å². The molecule has 0 rings (SSSR count). The van der Waals surface area contributed by atoms with Gasteiger partial charge in [-0.15, -0.1) is 0 Å². The van der Waals surface area contributed by atoms with Gasteiger partial charge in [-0.05, 0) is 14.1 Å². The first-order chi connectivity index (χ1) is 4.22. The SMILES string of the molecule is CNC.COC(=O)OC. The minimum Gasteiger partial charge on any atom is -0.438 e. The van der Waals surface area contributed by atoms with Gasteiger partial charge in [0.15, 0.2) is 0 Å². The summed E-state index contributed by atoms with van der Waals surface area (Å²) in [6.45, 7) is 0. The monoisotopic (exact) mass is 135 g/mol. The summed E-state index contributed by atoms with van der Waals surface area (Å²) in [4.78, 5) is 9.74. The predicted octanol–water partition coefficient (Wildman–Crippen LogP) is 0.235. The minimum atomic E-state index is -0.657. The molecule has 0 unspecified atom stereocenters. The zero-order chi connectivity index (χ0) is 7.70. The predicted molar refractivity (Wildman–Crippen MR) is 34.4 cm³/mol. The average Bonchev–Trinajstić information content (AvgIpc) is 1.88. The average molecular weight is 135 g/mol. The van der Waals surface area contributed by atoms with E-state index in [2.05, 4.69) is 14.8 Å². The third-order valence-corrected chi connectivity index (χ3v) is 0.333. The van der Waals surface area contributed by atoms with Crippen molar-refractivity contribution in [2.24, 2.45) is 0 Å². The van der Waals surface area contributed by atoms with Gasteiger partial charge in [0, 0.05) is 0 Å². The van der Waals surface area contributed by atoms with Crippen LogP contribution in [0.3, 0.4) is 0 Å². The molecule has 56 valence electrons. The second kappa shape index (κ2) is 10.3. The molecule has 0 aliphatic carbocycles. The van der Waals surface area contributed by atoms with Gasteiger partial charge < -0.3 is 14.8 Å². The number of carbonyl (C=O) groups is 1. The van der Waals surface area contributed by atoms with Gasteiger partial charge in [0.25, 0.3) is 0 Å². The molecule has 0 aliphatic rings. The first kappa shape index (κ1) is 11.1. The third kappa shape index (κ3) is 19.0. The fourth-order valence-electron chi connectivity index (χ4n) is 0.0833. The first-order valence-electron chi connectivity index (χ1n) is 2.43. The number of hydrogen-bond acceptors (Lipinski definition) is 4. The molecule has 0 radical (unpaired) electrons. The molecule has 0 spiro atoms. The van der Waals surface area contributed by atoms with Crippen LogP contribution in [0.2, 0.25) is 0 Å². The highest BCUT2D eigenvalue weighted by atomic mass is 16.7. The molecule has 0 fully saturated rings. The van der Waals surface area contributed by atoms with E-state index < -0.39 is 6.16 Å². The number of methoxy groups -OCH3 is 2. The van der Waals surface area contributed by atoms with E-state index in [4.69, 9.17) is 0 Å². The van der Waals surface area contributed by atoms with E-state index in [9.17, 15) is 4.79 Å². The highest BCUT2D eigenvalue weighted by Crippen LogP contribution is 1.72. The quantitative estimate of drug-likeness (QED) is 0.483. The van der Waals surface area contributed by atoms with Crippen LogP contribution in [0.4, 0.5) is 4.79 Å². The number of hydrogen-bond donors (Lipinski definition) is 1. The van der Waals surface area contributed by atoms with Crippen molar-refractivity contribution in [1.29, 1.82) is 0 Å². The van der Waals surface area contributed by atoms with E-state index in [0.717, 1.165) is 0 Å². The molecule has 0 aliphatic heterocycles. The summed E-state index contributed by atoms with van der Waals surface area (Å²) < 4.78 is 8.08. The van der Waals surface area contributed by atoms with E-state index in [-0.39, 0.29) is 0 Å². The van der Waals surface area contributed by atoms with Gasteiger partial charge in [0.2, 0.25) is 0 Å². The first-order valence-corrected chi connectivity index (χ1v) is 2.43. The summed E-state index contributed by atoms with van der Waals surface area (Å²) >= 11 is 0. The summed E-state index contributed by atoms with van der Waals surface area (Å²) in [7, 11) is 6.26. The Hall–Kier alpha value is -0.770. The van der Waals surface area contributed by atoms with Crippen LogP contribution in [-0.4, -0.2) is 34.5 Å².